The summed E-state index contributed by atoms with van der Waals surface area (Å²) in [5.41, 5.74) is 3.51. The van der Waals surface area contributed by atoms with Crippen LogP contribution in [0, 0.1) is 11.3 Å². The van der Waals surface area contributed by atoms with E-state index in [0.29, 0.717) is 12.2 Å². The van der Waals surface area contributed by atoms with Crippen LogP contribution in [0.5, 0.6) is 5.75 Å². The van der Waals surface area contributed by atoms with Gasteiger partial charge in [-0.05, 0) is 11.6 Å². The number of para-hydroxylation sites is 1. The second-order valence-corrected chi connectivity index (χ2v) is 4.66. The summed E-state index contributed by atoms with van der Waals surface area (Å²) in [6.07, 6.45) is 3.52. The Morgan fingerprint density at radius 2 is 1.67 bits per heavy atom. The monoisotopic (exact) mass is 274 g/mol. The highest BCUT2D eigenvalue weighted by Gasteiger charge is 2.11. The first-order valence-electron chi connectivity index (χ1n) is 6.71. The van der Waals surface area contributed by atoms with Crippen molar-refractivity contribution < 1.29 is 4.74 Å². The molecule has 0 amide bonds. The predicted octanol–water partition coefficient (Wildman–Crippen LogP) is 4.13. The van der Waals surface area contributed by atoms with E-state index in [2.05, 4.69) is 11.1 Å². The van der Waals surface area contributed by atoms with Gasteiger partial charge in [-0.25, -0.2) is 0 Å². The average Bonchev–Trinajstić information content (AvgIpc) is 3.02. The third-order valence-electron chi connectivity index (χ3n) is 3.28. The maximum Gasteiger partial charge on any atom is 0.127 e. The lowest BCUT2D eigenvalue weighted by Gasteiger charge is -2.11. The van der Waals surface area contributed by atoms with Crippen molar-refractivity contribution in [3.63, 3.8) is 0 Å². The van der Waals surface area contributed by atoms with Gasteiger partial charge in [0, 0.05) is 23.5 Å². The molecule has 0 fully saturated rings. The second kappa shape index (κ2) is 5.98. The molecule has 0 aliphatic heterocycles. The van der Waals surface area contributed by atoms with Crippen LogP contribution in [0.2, 0.25) is 0 Å². The SMILES string of the molecule is N#Cc1c[nH]cc1-c1ccccc1OCc1ccccc1. The minimum absolute atomic E-state index is 0.504. The van der Waals surface area contributed by atoms with Gasteiger partial charge in [-0.15, -0.1) is 0 Å². The molecule has 0 bridgehead atoms. The van der Waals surface area contributed by atoms with Crippen molar-refractivity contribution in [3.8, 4) is 22.9 Å². The number of ether oxygens (including phenoxy) is 1. The zero-order chi connectivity index (χ0) is 14.5. The van der Waals surface area contributed by atoms with E-state index in [-0.39, 0.29) is 0 Å². The van der Waals surface area contributed by atoms with E-state index in [0.717, 1.165) is 22.4 Å². The molecular weight excluding hydrogens is 260 g/mol. The fourth-order valence-corrected chi connectivity index (χ4v) is 2.23. The quantitative estimate of drug-likeness (QED) is 0.777. The number of aromatic amines is 1. The summed E-state index contributed by atoms with van der Waals surface area (Å²) in [6, 6.07) is 20.0. The fraction of sp³-hybridized carbons (Fsp3) is 0.0556. The molecule has 3 nitrogen and oxygen atoms in total. The number of benzene rings is 2. The molecular formula is C18H14N2O. The van der Waals surface area contributed by atoms with Crippen molar-refractivity contribution in [1.29, 1.82) is 5.26 Å². The molecule has 3 aromatic rings. The van der Waals surface area contributed by atoms with Crippen LogP contribution in [0.3, 0.4) is 0 Å². The maximum absolute atomic E-state index is 9.16. The summed E-state index contributed by atoms with van der Waals surface area (Å²) in [6.45, 7) is 0.504. The molecule has 21 heavy (non-hydrogen) atoms. The van der Waals surface area contributed by atoms with Crippen LogP contribution in [0.4, 0.5) is 0 Å². The molecule has 1 N–H and O–H groups in total. The Hall–Kier alpha value is -2.99. The van der Waals surface area contributed by atoms with E-state index in [1.807, 2.05) is 60.8 Å². The van der Waals surface area contributed by atoms with Gasteiger partial charge in [-0.3, -0.25) is 0 Å². The van der Waals surface area contributed by atoms with Gasteiger partial charge in [-0.2, -0.15) is 5.26 Å². The summed E-state index contributed by atoms with van der Waals surface area (Å²) >= 11 is 0. The lowest BCUT2D eigenvalue weighted by atomic mass is 10.0. The Labute approximate surface area is 123 Å². The Morgan fingerprint density at radius 1 is 0.905 bits per heavy atom. The minimum atomic E-state index is 0.504. The summed E-state index contributed by atoms with van der Waals surface area (Å²) in [7, 11) is 0. The number of nitriles is 1. The van der Waals surface area contributed by atoms with Gasteiger partial charge < -0.3 is 9.72 Å². The van der Waals surface area contributed by atoms with E-state index in [4.69, 9.17) is 10.00 Å². The van der Waals surface area contributed by atoms with E-state index >= 15 is 0 Å². The number of nitrogens with one attached hydrogen (secondary N) is 1. The van der Waals surface area contributed by atoms with Crippen LogP contribution in [0.1, 0.15) is 11.1 Å². The molecule has 0 aliphatic rings. The third kappa shape index (κ3) is 2.80. The fourth-order valence-electron chi connectivity index (χ4n) is 2.23. The van der Waals surface area contributed by atoms with Crippen molar-refractivity contribution in [3.05, 3.63) is 78.1 Å². The van der Waals surface area contributed by atoms with E-state index < -0.39 is 0 Å². The first-order chi connectivity index (χ1) is 10.4. The van der Waals surface area contributed by atoms with Crippen molar-refractivity contribution >= 4 is 0 Å². The van der Waals surface area contributed by atoms with Crippen LogP contribution >= 0.6 is 0 Å². The smallest absolute Gasteiger partial charge is 0.127 e. The number of nitrogens with zero attached hydrogens (tertiary/aromatic N) is 1. The normalized spacial score (nSPS) is 10.0. The topological polar surface area (TPSA) is 48.8 Å². The average molecular weight is 274 g/mol. The first-order valence-corrected chi connectivity index (χ1v) is 6.71. The molecule has 0 unspecified atom stereocenters. The van der Waals surface area contributed by atoms with Gasteiger partial charge in [0.2, 0.25) is 0 Å². The van der Waals surface area contributed by atoms with Gasteiger partial charge in [0.1, 0.15) is 18.4 Å². The second-order valence-electron chi connectivity index (χ2n) is 4.66. The number of hydrogen-bond acceptors (Lipinski definition) is 2. The number of hydrogen-bond donors (Lipinski definition) is 1. The highest BCUT2D eigenvalue weighted by Crippen LogP contribution is 2.32. The number of rotatable bonds is 4. The maximum atomic E-state index is 9.16. The van der Waals surface area contributed by atoms with Crippen molar-refractivity contribution in [1.82, 2.24) is 4.98 Å². The highest BCUT2D eigenvalue weighted by molar-refractivity contribution is 5.75. The van der Waals surface area contributed by atoms with E-state index in [9.17, 15) is 0 Å². The molecule has 0 aliphatic carbocycles. The van der Waals surface area contributed by atoms with Crippen LogP contribution < -0.4 is 4.74 Å². The summed E-state index contributed by atoms with van der Waals surface area (Å²) in [4.78, 5) is 2.97. The molecule has 1 aromatic heterocycles. The first kappa shape index (κ1) is 13.0. The van der Waals surface area contributed by atoms with Gasteiger partial charge >= 0.3 is 0 Å². The Bertz CT molecular complexity index is 769. The molecule has 3 rings (SSSR count). The number of aromatic nitrogens is 1. The molecule has 3 heteroatoms. The summed E-state index contributed by atoms with van der Waals surface area (Å²) in [5, 5.41) is 9.16. The predicted molar refractivity (Wildman–Crippen MR) is 81.7 cm³/mol. The molecule has 0 spiro atoms. The Balaban J connectivity index is 1.89. The highest BCUT2D eigenvalue weighted by atomic mass is 16.5. The van der Waals surface area contributed by atoms with Crippen molar-refractivity contribution in [2.45, 2.75) is 6.61 Å². The van der Waals surface area contributed by atoms with Crippen molar-refractivity contribution in [2.24, 2.45) is 0 Å². The van der Waals surface area contributed by atoms with Crippen LogP contribution in [-0.4, -0.2) is 4.98 Å². The third-order valence-corrected chi connectivity index (χ3v) is 3.28. The van der Waals surface area contributed by atoms with Crippen molar-refractivity contribution in [2.75, 3.05) is 0 Å². The molecule has 2 aromatic carbocycles. The zero-order valence-corrected chi connectivity index (χ0v) is 11.4. The molecule has 0 atom stereocenters. The Kier molecular flexibility index (Phi) is 3.70. The molecule has 102 valence electrons. The standard InChI is InChI=1S/C18H14N2O/c19-10-15-11-20-12-17(15)16-8-4-5-9-18(16)21-13-14-6-2-1-3-7-14/h1-9,11-12,20H,13H2. The van der Waals surface area contributed by atoms with Crippen LogP contribution in [0.15, 0.2) is 67.0 Å². The Morgan fingerprint density at radius 3 is 2.48 bits per heavy atom. The minimum Gasteiger partial charge on any atom is -0.488 e. The zero-order valence-electron chi connectivity index (χ0n) is 11.4. The van der Waals surface area contributed by atoms with Gasteiger partial charge in [-0.1, -0.05) is 48.5 Å². The van der Waals surface area contributed by atoms with E-state index in [1.165, 1.54) is 0 Å². The van der Waals surface area contributed by atoms with Crippen LogP contribution in [-0.2, 0) is 6.61 Å². The number of H-pyrrole nitrogens is 1. The molecule has 1 heterocycles. The van der Waals surface area contributed by atoms with Gasteiger partial charge in [0.25, 0.3) is 0 Å². The molecule has 0 saturated carbocycles. The summed E-state index contributed by atoms with van der Waals surface area (Å²) < 4.78 is 5.92. The van der Waals surface area contributed by atoms with E-state index in [1.54, 1.807) is 6.20 Å². The molecule has 0 radical (unpaired) electrons. The lowest BCUT2D eigenvalue weighted by Crippen LogP contribution is -1.96. The van der Waals surface area contributed by atoms with Crippen LogP contribution in [0.25, 0.3) is 11.1 Å². The van der Waals surface area contributed by atoms with Gasteiger partial charge in [0.15, 0.2) is 0 Å². The summed E-state index contributed by atoms with van der Waals surface area (Å²) in [5.74, 6) is 0.775. The molecule has 0 saturated heterocycles. The lowest BCUT2D eigenvalue weighted by molar-refractivity contribution is 0.307. The largest absolute Gasteiger partial charge is 0.488 e. The van der Waals surface area contributed by atoms with Gasteiger partial charge in [0.05, 0.1) is 5.56 Å².